The Hall–Kier alpha value is -0.740. The van der Waals surface area contributed by atoms with Gasteiger partial charge in [-0.3, -0.25) is 9.59 Å². The predicted octanol–water partition coefficient (Wildman–Crippen LogP) is 2.27. The topological polar surface area (TPSA) is 66.9 Å². The van der Waals surface area contributed by atoms with Gasteiger partial charge in [-0.15, -0.1) is 0 Å². The third kappa shape index (κ3) is 1.47. The third-order valence-electron chi connectivity index (χ3n) is 8.68. The summed E-state index contributed by atoms with van der Waals surface area (Å²) in [4.78, 5) is 24.6. The average molecular weight is 318 g/mol. The maximum atomic E-state index is 12.5. The van der Waals surface area contributed by atoms with Crippen molar-refractivity contribution in [3.8, 4) is 0 Å². The minimum Gasteiger partial charge on any atom is -0.385 e. The molecule has 4 heteroatoms. The molecule has 0 aromatic carbocycles. The molecule has 126 valence electrons. The Morgan fingerprint density at radius 2 is 1.87 bits per heavy atom. The normalized spacial score (nSPS) is 60.6. The van der Waals surface area contributed by atoms with Crippen molar-refractivity contribution in [2.75, 3.05) is 0 Å². The Labute approximate surface area is 137 Å². The molecule has 0 aromatic heterocycles. The molecule has 1 aliphatic heterocycles. The number of fused-ring (bicyclic) bond motifs is 4. The molecule has 5 rings (SSSR count). The van der Waals surface area contributed by atoms with Crippen LogP contribution in [0.3, 0.4) is 0 Å². The van der Waals surface area contributed by atoms with Gasteiger partial charge in [0.05, 0.1) is 0 Å². The number of ketones is 2. The molecular formula is C19H26O4. The lowest BCUT2D eigenvalue weighted by Crippen LogP contribution is -2.58. The number of aliphatic hydroxyl groups is 1. The van der Waals surface area contributed by atoms with E-state index in [1.807, 2.05) is 0 Å². The van der Waals surface area contributed by atoms with E-state index in [2.05, 4.69) is 13.8 Å². The fraction of sp³-hybridized carbons (Fsp3) is 0.895. The van der Waals surface area contributed by atoms with Crippen LogP contribution in [0.25, 0.3) is 0 Å². The highest BCUT2D eigenvalue weighted by atomic mass is 16.6. The second-order valence-electron chi connectivity index (χ2n) is 9.26. The van der Waals surface area contributed by atoms with Gasteiger partial charge in [-0.25, -0.2) is 0 Å². The fourth-order valence-electron chi connectivity index (χ4n) is 7.29. The molecule has 4 aliphatic carbocycles. The summed E-state index contributed by atoms with van der Waals surface area (Å²) in [7, 11) is 0. The molecule has 4 saturated carbocycles. The Bertz CT molecular complexity index is 614. The van der Waals surface area contributed by atoms with E-state index in [0.717, 1.165) is 32.1 Å². The first-order chi connectivity index (χ1) is 10.8. The van der Waals surface area contributed by atoms with E-state index in [4.69, 9.17) is 4.74 Å². The van der Waals surface area contributed by atoms with Gasteiger partial charge in [0.15, 0.2) is 11.6 Å². The highest BCUT2D eigenvalue weighted by Crippen LogP contribution is 2.71. The van der Waals surface area contributed by atoms with E-state index in [9.17, 15) is 14.7 Å². The van der Waals surface area contributed by atoms with E-state index in [1.54, 1.807) is 0 Å². The highest BCUT2D eigenvalue weighted by Gasteiger charge is 2.76. The van der Waals surface area contributed by atoms with Crippen molar-refractivity contribution in [2.45, 2.75) is 76.6 Å². The van der Waals surface area contributed by atoms with Crippen LogP contribution in [-0.2, 0) is 14.3 Å². The SMILES string of the molecule is C[C@]12CC[C@H]3[C@@H](CC[C@]45O[C@H]4C(=O)CC[C@]35C)[C@@H]1C[C@@H](O)C2=O. The maximum Gasteiger partial charge on any atom is 0.167 e. The summed E-state index contributed by atoms with van der Waals surface area (Å²) in [5.74, 6) is 1.72. The number of ether oxygens (including phenoxy) is 1. The lowest BCUT2D eigenvalue weighted by Gasteiger charge is -2.58. The predicted molar refractivity (Wildman–Crippen MR) is 82.6 cm³/mol. The summed E-state index contributed by atoms with van der Waals surface area (Å²) in [5.41, 5.74) is -0.444. The zero-order valence-electron chi connectivity index (χ0n) is 14.0. The minimum absolute atomic E-state index is 0.0748. The summed E-state index contributed by atoms with van der Waals surface area (Å²) in [6.45, 7) is 4.42. The smallest absolute Gasteiger partial charge is 0.167 e. The van der Waals surface area contributed by atoms with Crippen molar-refractivity contribution >= 4 is 11.6 Å². The quantitative estimate of drug-likeness (QED) is 0.696. The summed E-state index contributed by atoms with van der Waals surface area (Å²) in [6, 6.07) is 0. The summed E-state index contributed by atoms with van der Waals surface area (Å²) in [5, 5.41) is 10.2. The molecule has 0 aromatic rings. The van der Waals surface area contributed by atoms with E-state index >= 15 is 0 Å². The lowest BCUT2D eigenvalue weighted by atomic mass is 9.45. The van der Waals surface area contributed by atoms with Gasteiger partial charge in [-0.1, -0.05) is 13.8 Å². The first kappa shape index (κ1) is 14.6. The van der Waals surface area contributed by atoms with Gasteiger partial charge in [0.2, 0.25) is 0 Å². The molecule has 0 amide bonds. The van der Waals surface area contributed by atoms with Gasteiger partial charge in [0.1, 0.15) is 17.8 Å². The van der Waals surface area contributed by atoms with Gasteiger partial charge in [0.25, 0.3) is 0 Å². The zero-order valence-corrected chi connectivity index (χ0v) is 14.0. The van der Waals surface area contributed by atoms with E-state index < -0.39 is 6.10 Å². The van der Waals surface area contributed by atoms with Crippen molar-refractivity contribution in [1.29, 1.82) is 0 Å². The summed E-state index contributed by atoms with van der Waals surface area (Å²) >= 11 is 0. The average Bonchev–Trinajstić information content (AvgIpc) is 3.22. The van der Waals surface area contributed by atoms with Gasteiger partial charge < -0.3 is 9.84 Å². The number of rotatable bonds is 0. The van der Waals surface area contributed by atoms with Gasteiger partial charge in [-0.2, -0.15) is 0 Å². The first-order valence-electron chi connectivity index (χ1n) is 9.26. The molecule has 0 unspecified atom stereocenters. The monoisotopic (exact) mass is 318 g/mol. The number of carbonyl (C=O) groups excluding carboxylic acids is 2. The molecule has 1 heterocycles. The van der Waals surface area contributed by atoms with Crippen LogP contribution in [0, 0.1) is 28.6 Å². The third-order valence-corrected chi connectivity index (χ3v) is 8.68. The molecule has 1 spiro atoms. The summed E-state index contributed by atoms with van der Waals surface area (Å²) < 4.78 is 6.05. The van der Waals surface area contributed by atoms with Crippen LogP contribution in [-0.4, -0.2) is 34.5 Å². The molecule has 8 atom stereocenters. The maximum absolute atomic E-state index is 12.5. The molecule has 0 bridgehead atoms. The van der Waals surface area contributed by atoms with Gasteiger partial charge in [0, 0.05) is 17.3 Å². The number of hydrogen-bond donors (Lipinski definition) is 1. The van der Waals surface area contributed by atoms with E-state index in [1.165, 1.54) is 0 Å². The number of carbonyl (C=O) groups is 2. The van der Waals surface area contributed by atoms with Gasteiger partial charge in [-0.05, 0) is 56.3 Å². The zero-order chi connectivity index (χ0) is 16.2. The number of hydrogen-bond acceptors (Lipinski definition) is 4. The Balaban J connectivity index is 1.52. The summed E-state index contributed by atoms with van der Waals surface area (Å²) in [6.07, 6.45) is 5.25. The minimum atomic E-state index is -0.759. The second-order valence-corrected chi connectivity index (χ2v) is 9.26. The standard InChI is InChI=1S/C19H26O4/c1-17-6-4-11-10(12(17)9-14(21)15(17)22)3-8-19-16(23-19)13(20)5-7-18(11,19)2/h10-12,14,16,21H,3-9H2,1-2H3/t10-,11+,12+,14-,16+,17+,18-,19+/m1/s1. The molecule has 23 heavy (non-hydrogen) atoms. The molecular weight excluding hydrogens is 292 g/mol. The molecule has 1 N–H and O–H groups in total. The van der Waals surface area contributed by atoms with E-state index in [0.29, 0.717) is 36.4 Å². The largest absolute Gasteiger partial charge is 0.385 e. The van der Waals surface area contributed by atoms with Gasteiger partial charge >= 0.3 is 0 Å². The van der Waals surface area contributed by atoms with Crippen molar-refractivity contribution in [1.82, 2.24) is 0 Å². The van der Waals surface area contributed by atoms with Crippen molar-refractivity contribution < 1.29 is 19.4 Å². The molecule has 0 radical (unpaired) electrons. The van der Waals surface area contributed by atoms with Crippen LogP contribution in [0.2, 0.25) is 0 Å². The van der Waals surface area contributed by atoms with Crippen LogP contribution in [0.4, 0.5) is 0 Å². The van der Waals surface area contributed by atoms with Crippen LogP contribution in [0.5, 0.6) is 0 Å². The van der Waals surface area contributed by atoms with Crippen LogP contribution in [0.15, 0.2) is 0 Å². The Morgan fingerprint density at radius 1 is 1.09 bits per heavy atom. The van der Waals surface area contributed by atoms with Crippen molar-refractivity contribution in [2.24, 2.45) is 28.6 Å². The van der Waals surface area contributed by atoms with Crippen LogP contribution < -0.4 is 0 Å². The highest BCUT2D eigenvalue weighted by molar-refractivity contribution is 5.91. The lowest BCUT2D eigenvalue weighted by molar-refractivity contribution is -0.142. The van der Waals surface area contributed by atoms with Crippen LogP contribution in [0.1, 0.15) is 58.8 Å². The van der Waals surface area contributed by atoms with E-state index in [-0.39, 0.29) is 28.3 Å². The second kappa shape index (κ2) is 4.08. The Kier molecular flexibility index (Phi) is 2.59. The number of epoxide rings is 1. The molecule has 1 saturated heterocycles. The molecule has 5 fully saturated rings. The first-order valence-corrected chi connectivity index (χ1v) is 9.26. The van der Waals surface area contributed by atoms with Crippen molar-refractivity contribution in [3.63, 3.8) is 0 Å². The number of Topliss-reactive ketones (excluding diaryl/α,β-unsaturated/α-hetero) is 2. The fourth-order valence-corrected chi connectivity index (χ4v) is 7.29. The van der Waals surface area contributed by atoms with Crippen molar-refractivity contribution in [3.05, 3.63) is 0 Å². The van der Waals surface area contributed by atoms with Crippen LogP contribution >= 0.6 is 0 Å². The molecule has 5 aliphatic rings. The molecule has 4 nitrogen and oxygen atoms in total. The number of aliphatic hydroxyl groups excluding tert-OH is 1. The Morgan fingerprint density at radius 3 is 2.65 bits per heavy atom.